The number of amides is 1. The van der Waals surface area contributed by atoms with Crippen LogP contribution in [-0.2, 0) is 19.1 Å². The molecule has 0 unspecified atom stereocenters. The summed E-state index contributed by atoms with van der Waals surface area (Å²) < 4.78 is 10.4. The summed E-state index contributed by atoms with van der Waals surface area (Å²) in [7, 11) is 0. The lowest BCUT2D eigenvalue weighted by Crippen LogP contribution is -2.12. The second-order valence-electron chi connectivity index (χ2n) is 9.05. The Morgan fingerprint density at radius 3 is 1.89 bits per heavy atom. The highest BCUT2D eigenvalue weighted by Crippen LogP contribution is 2.27. The third-order valence-electron chi connectivity index (χ3n) is 5.85. The number of benzene rings is 1. The molecule has 0 heterocycles. The van der Waals surface area contributed by atoms with Crippen molar-refractivity contribution >= 4 is 34.9 Å². The Hall–Kier alpha value is -2.21. The zero-order valence-corrected chi connectivity index (χ0v) is 23.4. The first-order chi connectivity index (χ1) is 17.5. The highest BCUT2D eigenvalue weighted by atomic mass is 35.5. The lowest BCUT2D eigenvalue weighted by molar-refractivity contribution is -0.137. The molecule has 1 rings (SSSR count). The van der Waals surface area contributed by atoms with Crippen molar-refractivity contribution in [3.05, 3.63) is 35.2 Å². The Labute approximate surface area is 223 Å². The van der Waals surface area contributed by atoms with Gasteiger partial charge in [-0.2, -0.15) is 0 Å². The van der Waals surface area contributed by atoms with E-state index in [2.05, 4.69) is 17.6 Å². The molecule has 0 fully saturated rings. The van der Waals surface area contributed by atoms with Gasteiger partial charge >= 0.3 is 5.97 Å². The largest absolute Gasteiger partial charge is 0.479 e. The van der Waals surface area contributed by atoms with Gasteiger partial charge in [0, 0.05) is 12.1 Å². The standard InChI is InChI=1S/C29H47ClN2O4/c1-4-7-8-9-10-11-12-13-14-15-16-17-18-19-27(33)31-24-20-21-25(30)26(22-24)32-28(35-5-2)23-29(34)36-6-3/h20-23,32H,4-19H2,1-3H3,(H,31,33). The molecular weight excluding hydrogens is 476 g/mol. The van der Waals surface area contributed by atoms with Crippen LogP contribution in [0.3, 0.4) is 0 Å². The Kier molecular flexibility index (Phi) is 18.5. The van der Waals surface area contributed by atoms with Gasteiger partial charge in [-0.25, -0.2) is 4.79 Å². The Bertz CT molecular complexity index is 783. The quantitative estimate of drug-likeness (QED) is 0.0731. The van der Waals surface area contributed by atoms with Crippen LogP contribution in [0.25, 0.3) is 0 Å². The lowest BCUT2D eigenvalue weighted by atomic mass is 10.0. The lowest BCUT2D eigenvalue weighted by Gasteiger charge is -2.14. The van der Waals surface area contributed by atoms with E-state index in [1.807, 2.05) is 6.92 Å². The Morgan fingerprint density at radius 2 is 1.33 bits per heavy atom. The van der Waals surface area contributed by atoms with Gasteiger partial charge in [-0.05, 0) is 38.5 Å². The molecule has 1 aromatic carbocycles. The van der Waals surface area contributed by atoms with Crippen LogP contribution < -0.4 is 10.6 Å². The molecule has 0 spiro atoms. The molecule has 204 valence electrons. The van der Waals surface area contributed by atoms with E-state index in [9.17, 15) is 9.59 Å². The summed E-state index contributed by atoms with van der Waals surface area (Å²) in [5.41, 5.74) is 1.16. The molecule has 0 saturated heterocycles. The van der Waals surface area contributed by atoms with Crippen molar-refractivity contribution in [1.82, 2.24) is 0 Å². The Morgan fingerprint density at radius 1 is 0.778 bits per heavy atom. The summed E-state index contributed by atoms with van der Waals surface area (Å²) in [5, 5.41) is 6.37. The molecule has 0 saturated carbocycles. The van der Waals surface area contributed by atoms with Crippen LogP contribution in [0, 0.1) is 0 Å². The second kappa shape index (κ2) is 20.9. The van der Waals surface area contributed by atoms with Crippen LogP contribution in [0.15, 0.2) is 30.2 Å². The highest BCUT2D eigenvalue weighted by molar-refractivity contribution is 6.33. The molecule has 0 atom stereocenters. The van der Waals surface area contributed by atoms with E-state index in [1.54, 1.807) is 25.1 Å². The number of carbonyl (C=O) groups is 2. The number of unbranched alkanes of at least 4 members (excludes halogenated alkanes) is 12. The number of nitrogens with one attached hydrogen (secondary N) is 2. The van der Waals surface area contributed by atoms with Gasteiger partial charge in [-0.15, -0.1) is 0 Å². The fourth-order valence-electron chi connectivity index (χ4n) is 3.92. The van der Waals surface area contributed by atoms with E-state index in [0.29, 0.717) is 29.4 Å². The summed E-state index contributed by atoms with van der Waals surface area (Å²) >= 11 is 6.30. The van der Waals surface area contributed by atoms with Crippen molar-refractivity contribution < 1.29 is 19.1 Å². The van der Waals surface area contributed by atoms with E-state index in [0.717, 1.165) is 12.8 Å². The third kappa shape index (κ3) is 15.7. The first-order valence-electron chi connectivity index (χ1n) is 13.9. The van der Waals surface area contributed by atoms with Crippen LogP contribution >= 0.6 is 11.6 Å². The topological polar surface area (TPSA) is 76.7 Å². The zero-order chi connectivity index (χ0) is 26.4. The molecule has 0 aliphatic carbocycles. The molecule has 6 nitrogen and oxygen atoms in total. The number of hydrogen-bond acceptors (Lipinski definition) is 5. The number of halogens is 1. The van der Waals surface area contributed by atoms with Crippen molar-refractivity contribution in [3.63, 3.8) is 0 Å². The van der Waals surface area contributed by atoms with Crippen LogP contribution in [0.4, 0.5) is 11.4 Å². The number of carbonyl (C=O) groups excluding carboxylic acids is 2. The minimum atomic E-state index is -0.508. The maximum atomic E-state index is 12.4. The smallest absolute Gasteiger partial charge is 0.336 e. The SMILES string of the molecule is CCCCCCCCCCCCCCCC(=O)Nc1ccc(Cl)c(NC(=CC(=O)OCC)OCC)c1. The molecule has 0 aliphatic rings. The number of anilines is 2. The fourth-order valence-corrected chi connectivity index (χ4v) is 4.08. The minimum absolute atomic E-state index is 0.0153. The number of rotatable bonds is 21. The molecule has 1 amide bonds. The van der Waals surface area contributed by atoms with Gasteiger partial charge in [0.15, 0.2) is 5.88 Å². The van der Waals surface area contributed by atoms with Gasteiger partial charge in [0.2, 0.25) is 5.91 Å². The Balaban J connectivity index is 2.31. The fraction of sp³-hybridized carbons (Fsp3) is 0.655. The first-order valence-corrected chi connectivity index (χ1v) is 14.3. The minimum Gasteiger partial charge on any atom is -0.479 e. The van der Waals surface area contributed by atoms with Crippen molar-refractivity contribution in [2.24, 2.45) is 0 Å². The van der Waals surface area contributed by atoms with E-state index in [1.165, 1.54) is 76.7 Å². The molecule has 0 aromatic heterocycles. The summed E-state index contributed by atoms with van der Waals surface area (Å²) in [6.07, 6.45) is 18.4. The van der Waals surface area contributed by atoms with Gasteiger partial charge < -0.3 is 20.1 Å². The summed E-state index contributed by atoms with van der Waals surface area (Å²) in [5.74, 6) is -0.293. The summed E-state index contributed by atoms with van der Waals surface area (Å²) in [6.45, 7) is 6.45. The predicted octanol–water partition coefficient (Wildman–Crippen LogP) is 8.61. The number of hydrogen-bond donors (Lipinski definition) is 2. The van der Waals surface area contributed by atoms with E-state index < -0.39 is 5.97 Å². The number of esters is 1. The molecule has 7 heteroatoms. The van der Waals surface area contributed by atoms with Gasteiger partial charge in [0.05, 0.1) is 30.0 Å². The molecule has 0 bridgehead atoms. The van der Waals surface area contributed by atoms with Crippen LogP contribution in [-0.4, -0.2) is 25.1 Å². The molecule has 0 radical (unpaired) electrons. The molecule has 1 aromatic rings. The summed E-state index contributed by atoms with van der Waals surface area (Å²) in [4.78, 5) is 24.2. The van der Waals surface area contributed by atoms with Crippen LogP contribution in [0.2, 0.25) is 5.02 Å². The predicted molar refractivity (Wildman–Crippen MR) is 150 cm³/mol. The van der Waals surface area contributed by atoms with Crippen LogP contribution in [0.5, 0.6) is 0 Å². The van der Waals surface area contributed by atoms with Crippen molar-refractivity contribution in [2.45, 2.75) is 111 Å². The molecule has 36 heavy (non-hydrogen) atoms. The second-order valence-corrected chi connectivity index (χ2v) is 9.46. The van der Waals surface area contributed by atoms with Crippen molar-refractivity contribution in [2.75, 3.05) is 23.8 Å². The number of ether oxygens (including phenoxy) is 2. The zero-order valence-electron chi connectivity index (χ0n) is 22.6. The monoisotopic (exact) mass is 522 g/mol. The summed E-state index contributed by atoms with van der Waals surface area (Å²) in [6, 6.07) is 5.17. The maximum Gasteiger partial charge on any atom is 0.336 e. The van der Waals surface area contributed by atoms with Gasteiger partial charge in [-0.3, -0.25) is 4.79 Å². The third-order valence-corrected chi connectivity index (χ3v) is 6.18. The van der Waals surface area contributed by atoms with Crippen molar-refractivity contribution in [3.8, 4) is 0 Å². The molecule has 0 aliphatic heterocycles. The first kappa shape index (κ1) is 31.8. The van der Waals surface area contributed by atoms with Gasteiger partial charge in [0.1, 0.15) is 0 Å². The van der Waals surface area contributed by atoms with Crippen LogP contribution in [0.1, 0.15) is 111 Å². The normalized spacial score (nSPS) is 11.3. The molecular formula is C29H47ClN2O4. The molecule has 2 N–H and O–H groups in total. The van der Waals surface area contributed by atoms with E-state index >= 15 is 0 Å². The van der Waals surface area contributed by atoms with E-state index in [-0.39, 0.29) is 18.4 Å². The van der Waals surface area contributed by atoms with E-state index in [4.69, 9.17) is 21.1 Å². The average molecular weight is 523 g/mol. The van der Waals surface area contributed by atoms with Gasteiger partial charge in [0.25, 0.3) is 0 Å². The van der Waals surface area contributed by atoms with Crippen molar-refractivity contribution in [1.29, 1.82) is 0 Å². The average Bonchev–Trinajstić information content (AvgIpc) is 2.84. The maximum absolute atomic E-state index is 12.4. The highest BCUT2D eigenvalue weighted by Gasteiger charge is 2.10. The van der Waals surface area contributed by atoms with Gasteiger partial charge in [-0.1, -0.05) is 95.6 Å².